The maximum Gasteiger partial charge on any atom is 0.266 e. The molecule has 3 nitrogen and oxygen atoms in total. The van der Waals surface area contributed by atoms with E-state index in [2.05, 4.69) is 22.3 Å². The molecule has 0 aliphatic heterocycles. The predicted molar refractivity (Wildman–Crippen MR) is 57.4 cm³/mol. The largest absolute Gasteiger partial charge is 0.285 e. The van der Waals surface area contributed by atoms with Gasteiger partial charge >= 0.3 is 0 Å². The Balaban J connectivity index is 3.72. The molecule has 0 amide bonds. The van der Waals surface area contributed by atoms with Crippen LogP contribution in [0.4, 0.5) is 0 Å². The summed E-state index contributed by atoms with van der Waals surface area (Å²) in [5.74, 6) is 0.357. The van der Waals surface area contributed by atoms with E-state index in [4.69, 9.17) is 4.55 Å². The molecule has 0 saturated heterocycles. The Morgan fingerprint density at radius 1 is 1.54 bits per heavy atom. The molecule has 80 valence electrons. The fraction of sp³-hybridized carbons (Fsp3) is 1.00. The van der Waals surface area contributed by atoms with Crippen LogP contribution >= 0.6 is 0 Å². The molecular formula is C8H18O3S2. The highest BCUT2D eigenvalue weighted by molar-refractivity contribution is 8.27. The predicted octanol–water partition coefficient (Wildman–Crippen LogP) is 2.35. The average molecular weight is 226 g/mol. The third-order valence-electron chi connectivity index (χ3n) is 2.00. The maximum absolute atomic E-state index is 10.6. The molecule has 0 fully saturated rings. The van der Waals surface area contributed by atoms with Crippen molar-refractivity contribution in [2.24, 2.45) is 5.92 Å². The Hall–Kier alpha value is 0.290. The second-order valence-electron chi connectivity index (χ2n) is 3.13. The Morgan fingerprint density at radius 3 is 2.54 bits per heavy atom. The second kappa shape index (κ2) is 6.70. The SMILES string of the molecule is CCCCC(CC)COS(=O)(O)=S. The van der Waals surface area contributed by atoms with Crippen molar-refractivity contribution in [3.63, 3.8) is 0 Å². The van der Waals surface area contributed by atoms with E-state index in [-0.39, 0.29) is 0 Å². The van der Waals surface area contributed by atoms with Crippen LogP contribution in [-0.2, 0) is 24.4 Å². The minimum atomic E-state index is -3.42. The Labute approximate surface area is 85.6 Å². The van der Waals surface area contributed by atoms with Gasteiger partial charge in [0.05, 0.1) is 6.61 Å². The average Bonchev–Trinajstić information content (AvgIpc) is 2.03. The highest BCUT2D eigenvalue weighted by Gasteiger charge is 2.09. The highest BCUT2D eigenvalue weighted by atomic mass is 32.9. The quantitative estimate of drug-likeness (QED) is 0.724. The molecule has 5 heteroatoms. The highest BCUT2D eigenvalue weighted by Crippen LogP contribution is 2.13. The van der Waals surface area contributed by atoms with Gasteiger partial charge in [0.25, 0.3) is 9.05 Å². The molecule has 0 aromatic heterocycles. The number of unbranched alkanes of at least 4 members (excludes halogenated alkanes) is 1. The first-order valence-electron chi connectivity index (χ1n) is 4.61. The maximum atomic E-state index is 10.6. The van der Waals surface area contributed by atoms with Crippen molar-refractivity contribution < 1.29 is 12.9 Å². The van der Waals surface area contributed by atoms with Crippen molar-refractivity contribution in [3.05, 3.63) is 0 Å². The third kappa shape index (κ3) is 8.62. The zero-order valence-corrected chi connectivity index (χ0v) is 9.83. The van der Waals surface area contributed by atoms with Gasteiger partial charge in [-0.25, -0.2) is 0 Å². The zero-order valence-electron chi connectivity index (χ0n) is 8.19. The standard InChI is InChI=1S/C8H18O3S2/c1-3-5-6-8(4-2)7-11-13(9,10)12/h8H,3-7H2,1-2H3,(H,9,10,12). The summed E-state index contributed by atoms with van der Waals surface area (Å²) in [4.78, 5) is 0. The molecule has 0 aliphatic carbocycles. The van der Waals surface area contributed by atoms with Gasteiger partial charge in [-0.3, -0.25) is 8.74 Å². The molecule has 0 heterocycles. The van der Waals surface area contributed by atoms with Gasteiger partial charge in [0.2, 0.25) is 0 Å². The molecule has 0 radical (unpaired) electrons. The van der Waals surface area contributed by atoms with Crippen molar-refractivity contribution in [1.82, 2.24) is 0 Å². The number of hydrogen-bond donors (Lipinski definition) is 1. The Bertz CT molecular complexity index is 211. The molecule has 0 rings (SSSR count). The Kier molecular flexibility index (Phi) is 6.85. The van der Waals surface area contributed by atoms with Gasteiger partial charge in [-0.15, -0.1) is 0 Å². The minimum Gasteiger partial charge on any atom is -0.285 e. The summed E-state index contributed by atoms with van der Waals surface area (Å²) in [5, 5.41) is 0. The molecule has 0 aliphatic rings. The monoisotopic (exact) mass is 226 g/mol. The Morgan fingerprint density at radius 2 is 2.15 bits per heavy atom. The summed E-state index contributed by atoms with van der Waals surface area (Å²) >= 11 is 4.22. The molecular weight excluding hydrogens is 208 g/mol. The van der Waals surface area contributed by atoms with E-state index in [1.807, 2.05) is 6.92 Å². The molecule has 0 spiro atoms. The van der Waals surface area contributed by atoms with E-state index in [0.29, 0.717) is 12.5 Å². The van der Waals surface area contributed by atoms with Gasteiger partial charge in [-0.2, -0.15) is 4.21 Å². The van der Waals surface area contributed by atoms with Gasteiger partial charge in [0.15, 0.2) is 0 Å². The molecule has 2 unspecified atom stereocenters. The van der Waals surface area contributed by atoms with Crippen LogP contribution in [0.3, 0.4) is 0 Å². The topological polar surface area (TPSA) is 46.5 Å². The second-order valence-corrected chi connectivity index (χ2v) is 5.48. The molecule has 2 atom stereocenters. The summed E-state index contributed by atoms with van der Waals surface area (Å²) in [6.45, 7) is 4.47. The fourth-order valence-corrected chi connectivity index (χ4v) is 1.61. The van der Waals surface area contributed by atoms with Crippen molar-refractivity contribution in [2.75, 3.05) is 6.61 Å². The van der Waals surface area contributed by atoms with Crippen LogP contribution in [0, 0.1) is 5.92 Å². The summed E-state index contributed by atoms with van der Waals surface area (Å²) in [6.07, 6.45) is 4.27. The first-order chi connectivity index (χ1) is 5.99. The van der Waals surface area contributed by atoms with E-state index < -0.39 is 9.05 Å². The fourth-order valence-electron chi connectivity index (χ4n) is 1.08. The van der Waals surface area contributed by atoms with E-state index in [0.717, 1.165) is 25.7 Å². The van der Waals surface area contributed by atoms with Crippen LogP contribution in [-0.4, -0.2) is 15.4 Å². The van der Waals surface area contributed by atoms with Crippen LogP contribution in [0.25, 0.3) is 0 Å². The lowest BCUT2D eigenvalue weighted by Gasteiger charge is -2.13. The third-order valence-corrected chi connectivity index (χ3v) is 2.72. The molecule has 13 heavy (non-hydrogen) atoms. The molecule has 0 bridgehead atoms. The summed E-state index contributed by atoms with van der Waals surface area (Å²) in [7, 11) is -3.42. The van der Waals surface area contributed by atoms with E-state index >= 15 is 0 Å². The van der Waals surface area contributed by atoms with Crippen molar-refractivity contribution in [1.29, 1.82) is 0 Å². The van der Waals surface area contributed by atoms with E-state index in [9.17, 15) is 4.21 Å². The molecule has 0 aromatic carbocycles. The summed E-state index contributed by atoms with van der Waals surface area (Å²) in [6, 6.07) is 0. The first kappa shape index (κ1) is 13.3. The molecule has 0 aromatic rings. The minimum absolute atomic E-state index is 0.301. The van der Waals surface area contributed by atoms with Crippen LogP contribution in [0.1, 0.15) is 39.5 Å². The van der Waals surface area contributed by atoms with Crippen LogP contribution in [0.15, 0.2) is 0 Å². The summed E-state index contributed by atoms with van der Waals surface area (Å²) in [5.41, 5.74) is 0. The number of hydrogen-bond acceptors (Lipinski definition) is 3. The van der Waals surface area contributed by atoms with Crippen molar-refractivity contribution in [2.45, 2.75) is 39.5 Å². The van der Waals surface area contributed by atoms with E-state index in [1.165, 1.54) is 0 Å². The molecule has 1 N–H and O–H groups in total. The zero-order chi connectivity index (χ0) is 10.3. The number of rotatable bonds is 7. The van der Waals surface area contributed by atoms with Gasteiger partial charge < -0.3 is 0 Å². The van der Waals surface area contributed by atoms with E-state index in [1.54, 1.807) is 0 Å². The normalized spacial score (nSPS) is 18.1. The van der Waals surface area contributed by atoms with Crippen LogP contribution in [0.2, 0.25) is 0 Å². The summed E-state index contributed by atoms with van der Waals surface area (Å²) < 4.78 is 24.0. The van der Waals surface area contributed by atoms with Gasteiger partial charge in [-0.1, -0.05) is 33.1 Å². The lowest BCUT2D eigenvalue weighted by atomic mass is 10.0. The first-order valence-corrected chi connectivity index (χ1v) is 6.98. The van der Waals surface area contributed by atoms with Crippen LogP contribution < -0.4 is 0 Å². The van der Waals surface area contributed by atoms with Crippen molar-refractivity contribution in [3.8, 4) is 0 Å². The van der Waals surface area contributed by atoms with Crippen LogP contribution in [0.5, 0.6) is 0 Å². The lowest BCUT2D eigenvalue weighted by molar-refractivity contribution is 0.231. The van der Waals surface area contributed by atoms with Gasteiger partial charge in [0, 0.05) is 11.2 Å². The lowest BCUT2D eigenvalue weighted by Crippen LogP contribution is -2.12. The van der Waals surface area contributed by atoms with Gasteiger partial charge in [-0.05, 0) is 12.3 Å². The van der Waals surface area contributed by atoms with Gasteiger partial charge in [0.1, 0.15) is 0 Å². The smallest absolute Gasteiger partial charge is 0.266 e. The van der Waals surface area contributed by atoms with Crippen molar-refractivity contribution >= 4 is 20.2 Å². The molecule has 0 saturated carbocycles.